The summed E-state index contributed by atoms with van der Waals surface area (Å²) in [5.41, 5.74) is -1.94. The summed E-state index contributed by atoms with van der Waals surface area (Å²) >= 11 is 0. The maximum atomic E-state index is 11.4. The van der Waals surface area contributed by atoms with Crippen molar-refractivity contribution >= 4 is 11.9 Å². The molecule has 0 saturated carbocycles. The molecule has 0 bridgehead atoms. The number of carbonyl (C=O) groups is 2. The Morgan fingerprint density at radius 2 is 1.95 bits per heavy atom. The number of carboxylic acids is 1. The molecule has 0 spiro atoms. The first-order valence-electron chi connectivity index (χ1n) is 6.72. The van der Waals surface area contributed by atoms with Crippen LogP contribution in [0.25, 0.3) is 0 Å². The zero-order valence-electron chi connectivity index (χ0n) is 12.0. The Bertz CT molecular complexity index is 420. The van der Waals surface area contributed by atoms with Crippen LogP contribution in [0, 0.1) is 0 Å². The third-order valence-electron chi connectivity index (χ3n) is 3.80. The van der Waals surface area contributed by atoms with E-state index >= 15 is 0 Å². The van der Waals surface area contributed by atoms with Crippen molar-refractivity contribution < 1.29 is 40.2 Å². The van der Waals surface area contributed by atoms with E-state index in [0.717, 1.165) is 0 Å². The molecule has 1 heterocycles. The molecule has 1 rings (SSSR count). The molecule has 0 aliphatic carbocycles. The molecule has 8 N–H and O–H groups in total. The summed E-state index contributed by atoms with van der Waals surface area (Å²) in [4.78, 5) is 22.6. The molecule has 0 aromatic heterocycles. The summed E-state index contributed by atoms with van der Waals surface area (Å²) in [5, 5.41) is 62.1. The minimum Gasteiger partial charge on any atom is -0.480 e. The van der Waals surface area contributed by atoms with E-state index in [0.29, 0.717) is 0 Å². The molecule has 6 atom stereocenters. The van der Waals surface area contributed by atoms with Crippen LogP contribution in [0.5, 0.6) is 0 Å². The summed E-state index contributed by atoms with van der Waals surface area (Å²) in [7, 11) is 0. The number of amides is 1. The number of nitrogens with one attached hydrogen (secondary N) is 2. The van der Waals surface area contributed by atoms with Crippen LogP contribution in [0.3, 0.4) is 0 Å². The van der Waals surface area contributed by atoms with E-state index in [2.05, 4.69) is 10.6 Å². The summed E-state index contributed by atoms with van der Waals surface area (Å²) in [5.74, 6) is -1.99. The lowest BCUT2D eigenvalue weighted by molar-refractivity contribution is -0.155. The fraction of sp³-hybridized carbons (Fsp3) is 0.833. The van der Waals surface area contributed by atoms with Gasteiger partial charge in [-0.05, 0) is 0 Å². The van der Waals surface area contributed by atoms with Crippen molar-refractivity contribution in [3.63, 3.8) is 0 Å². The molecule has 1 aliphatic rings. The number of carboxylic acid groups (broad SMARTS) is 1. The standard InChI is InChI=1S/C12H22N2O8/c1-5(17)13-8-6(18)2-12(4-16,11(21)22)14-9(8)10(20)7(19)3-15/h6-10,14-16,18-20H,2-4H2,1H3,(H,13,17)(H,21,22)/t6-,7+,8+,9+,10+,12+/m0/s1. The second-order valence-electron chi connectivity index (χ2n) is 5.45. The van der Waals surface area contributed by atoms with Gasteiger partial charge in [0.25, 0.3) is 0 Å². The van der Waals surface area contributed by atoms with Crippen LogP contribution in [0.4, 0.5) is 0 Å². The van der Waals surface area contributed by atoms with Gasteiger partial charge in [0.15, 0.2) is 0 Å². The van der Waals surface area contributed by atoms with Crippen molar-refractivity contribution in [1.29, 1.82) is 0 Å². The lowest BCUT2D eigenvalue weighted by Gasteiger charge is -2.47. The third kappa shape index (κ3) is 3.72. The summed E-state index contributed by atoms with van der Waals surface area (Å²) in [6, 6.07) is -2.40. The van der Waals surface area contributed by atoms with Gasteiger partial charge < -0.3 is 36.0 Å². The number of piperidine rings is 1. The number of aliphatic hydroxyl groups is 5. The van der Waals surface area contributed by atoms with Crippen molar-refractivity contribution in [2.45, 2.75) is 49.3 Å². The molecule has 10 nitrogen and oxygen atoms in total. The minimum atomic E-state index is -1.94. The highest BCUT2D eigenvalue weighted by molar-refractivity contribution is 5.79. The van der Waals surface area contributed by atoms with Crippen LogP contribution in [-0.2, 0) is 9.59 Å². The topological polar surface area (TPSA) is 180 Å². The molecular weight excluding hydrogens is 300 g/mol. The Labute approximate surface area is 126 Å². The molecule has 0 aromatic carbocycles. The Hall–Kier alpha value is -1.30. The lowest BCUT2D eigenvalue weighted by atomic mass is 9.79. The van der Waals surface area contributed by atoms with Gasteiger partial charge in [-0.3, -0.25) is 14.9 Å². The van der Waals surface area contributed by atoms with Crippen LogP contribution >= 0.6 is 0 Å². The molecule has 128 valence electrons. The fourth-order valence-electron chi connectivity index (χ4n) is 2.58. The molecule has 0 aromatic rings. The summed E-state index contributed by atoms with van der Waals surface area (Å²) < 4.78 is 0. The number of aliphatic hydroxyl groups excluding tert-OH is 5. The second-order valence-corrected chi connectivity index (χ2v) is 5.45. The molecule has 22 heavy (non-hydrogen) atoms. The zero-order chi connectivity index (χ0) is 17.1. The van der Waals surface area contributed by atoms with Gasteiger partial charge in [-0.25, -0.2) is 0 Å². The maximum absolute atomic E-state index is 11.4. The van der Waals surface area contributed by atoms with Crippen molar-refractivity contribution in [3.05, 3.63) is 0 Å². The number of rotatable bonds is 6. The van der Waals surface area contributed by atoms with E-state index in [1.165, 1.54) is 6.92 Å². The van der Waals surface area contributed by atoms with Crippen LogP contribution in [0.15, 0.2) is 0 Å². The highest BCUT2D eigenvalue weighted by Gasteiger charge is 2.52. The number of hydrogen-bond donors (Lipinski definition) is 8. The van der Waals surface area contributed by atoms with Gasteiger partial charge in [0.05, 0.1) is 37.5 Å². The average molecular weight is 322 g/mol. The second kappa shape index (κ2) is 7.31. The molecule has 0 unspecified atom stereocenters. The van der Waals surface area contributed by atoms with Gasteiger partial charge in [0, 0.05) is 13.3 Å². The van der Waals surface area contributed by atoms with Crippen molar-refractivity contribution in [1.82, 2.24) is 10.6 Å². The van der Waals surface area contributed by atoms with E-state index < -0.39 is 67.4 Å². The summed E-state index contributed by atoms with van der Waals surface area (Å²) in [6.07, 6.45) is -5.10. The first-order chi connectivity index (χ1) is 10.2. The average Bonchev–Trinajstić information content (AvgIpc) is 2.46. The number of carbonyl (C=O) groups excluding carboxylic acids is 1. The van der Waals surface area contributed by atoms with E-state index in [-0.39, 0.29) is 0 Å². The van der Waals surface area contributed by atoms with E-state index in [9.17, 15) is 35.1 Å². The molecule has 10 heteroatoms. The molecule has 1 fully saturated rings. The van der Waals surface area contributed by atoms with Crippen molar-refractivity contribution in [2.24, 2.45) is 0 Å². The quantitative estimate of drug-likeness (QED) is 0.240. The molecule has 1 aliphatic heterocycles. The first-order valence-corrected chi connectivity index (χ1v) is 6.72. The van der Waals surface area contributed by atoms with Gasteiger partial charge in [0.2, 0.25) is 5.91 Å². The van der Waals surface area contributed by atoms with Crippen molar-refractivity contribution in [3.8, 4) is 0 Å². The highest BCUT2D eigenvalue weighted by Crippen LogP contribution is 2.26. The maximum Gasteiger partial charge on any atom is 0.326 e. The van der Waals surface area contributed by atoms with Crippen LogP contribution < -0.4 is 10.6 Å². The monoisotopic (exact) mass is 322 g/mol. The largest absolute Gasteiger partial charge is 0.480 e. The smallest absolute Gasteiger partial charge is 0.326 e. The summed E-state index contributed by atoms with van der Waals surface area (Å²) in [6.45, 7) is -0.504. The Morgan fingerprint density at radius 3 is 2.36 bits per heavy atom. The Morgan fingerprint density at radius 1 is 1.36 bits per heavy atom. The highest BCUT2D eigenvalue weighted by atomic mass is 16.4. The SMILES string of the molecule is CC(=O)N[C@H]1[C@H]([C@H](O)[C@H](O)CO)N[C@](CO)(C(=O)O)C[C@@H]1O. The van der Waals surface area contributed by atoms with Crippen LogP contribution in [-0.4, -0.2) is 91.7 Å². The van der Waals surface area contributed by atoms with Crippen molar-refractivity contribution in [2.75, 3.05) is 13.2 Å². The molecule has 1 saturated heterocycles. The molecular formula is C12H22N2O8. The Kier molecular flexibility index (Phi) is 6.23. The minimum absolute atomic E-state index is 0.414. The molecule has 0 radical (unpaired) electrons. The Balaban J connectivity index is 3.14. The number of hydrogen-bond acceptors (Lipinski definition) is 8. The number of aliphatic carboxylic acids is 1. The van der Waals surface area contributed by atoms with Crippen LogP contribution in [0.2, 0.25) is 0 Å². The van der Waals surface area contributed by atoms with E-state index in [1.807, 2.05) is 0 Å². The van der Waals surface area contributed by atoms with Crippen LogP contribution in [0.1, 0.15) is 13.3 Å². The fourth-order valence-corrected chi connectivity index (χ4v) is 2.58. The zero-order valence-corrected chi connectivity index (χ0v) is 12.0. The van der Waals surface area contributed by atoms with Gasteiger partial charge in [-0.15, -0.1) is 0 Å². The first kappa shape index (κ1) is 18.7. The predicted molar refractivity (Wildman–Crippen MR) is 71.7 cm³/mol. The molecule has 1 amide bonds. The predicted octanol–water partition coefficient (Wildman–Crippen LogP) is -4.26. The van der Waals surface area contributed by atoms with Gasteiger partial charge >= 0.3 is 5.97 Å². The van der Waals surface area contributed by atoms with Gasteiger partial charge in [0.1, 0.15) is 11.6 Å². The third-order valence-corrected chi connectivity index (χ3v) is 3.80. The van der Waals surface area contributed by atoms with Gasteiger partial charge in [-0.2, -0.15) is 0 Å². The van der Waals surface area contributed by atoms with E-state index in [1.54, 1.807) is 0 Å². The normalized spacial score (nSPS) is 34.7. The van der Waals surface area contributed by atoms with E-state index in [4.69, 9.17) is 5.11 Å². The lowest BCUT2D eigenvalue weighted by Crippen LogP contribution is -2.75. The van der Waals surface area contributed by atoms with Gasteiger partial charge in [-0.1, -0.05) is 0 Å².